The van der Waals surface area contributed by atoms with E-state index in [1.165, 1.54) is 4.90 Å². The Kier molecular flexibility index (Phi) is 5.34. The molecule has 0 radical (unpaired) electrons. The third-order valence-electron chi connectivity index (χ3n) is 6.91. The Morgan fingerprint density at radius 1 is 0.722 bits per heavy atom. The molecule has 4 aromatic rings. The zero-order valence-corrected chi connectivity index (χ0v) is 19.8. The highest BCUT2D eigenvalue weighted by molar-refractivity contribution is 6.26. The minimum atomic E-state index is -0.939. The summed E-state index contributed by atoms with van der Waals surface area (Å²) in [6, 6.07) is 27.7. The minimum absolute atomic E-state index is 0.279. The molecule has 2 aliphatic rings. The number of hydrogen-bond acceptors (Lipinski definition) is 6. The number of amides is 2. The number of methoxy groups -OCH3 is 2. The Bertz CT molecular complexity index is 1450. The maximum Gasteiger partial charge on any atom is 0.266 e. The van der Waals surface area contributed by atoms with Crippen molar-refractivity contribution in [3.05, 3.63) is 96.6 Å². The van der Waals surface area contributed by atoms with Crippen molar-refractivity contribution in [2.75, 3.05) is 24.2 Å². The van der Waals surface area contributed by atoms with Gasteiger partial charge in [-0.2, -0.15) is 0 Å². The number of carbonyl (C=O) groups is 2. The topological polar surface area (TPSA) is 68.3 Å². The number of ether oxygens (including phenoxy) is 2. The van der Waals surface area contributed by atoms with Gasteiger partial charge in [0.15, 0.2) is 6.10 Å². The van der Waals surface area contributed by atoms with Crippen LogP contribution in [-0.2, 0) is 14.4 Å². The van der Waals surface area contributed by atoms with Crippen LogP contribution in [0.15, 0.2) is 91.0 Å². The van der Waals surface area contributed by atoms with Crippen molar-refractivity contribution in [3.8, 4) is 11.5 Å². The molecule has 6 rings (SSSR count). The summed E-state index contributed by atoms with van der Waals surface area (Å²) in [7, 11) is 3.21. The maximum atomic E-state index is 14.0. The largest absolute Gasteiger partial charge is 0.497 e. The van der Waals surface area contributed by atoms with Crippen LogP contribution in [0.2, 0.25) is 0 Å². The Labute approximate surface area is 208 Å². The molecule has 0 bridgehead atoms. The summed E-state index contributed by atoms with van der Waals surface area (Å²) in [6.45, 7) is 0. The van der Waals surface area contributed by atoms with Gasteiger partial charge in [0, 0.05) is 5.39 Å². The van der Waals surface area contributed by atoms with E-state index in [0.29, 0.717) is 17.2 Å². The normalized spacial score (nSPS) is 21.2. The van der Waals surface area contributed by atoms with Crippen molar-refractivity contribution in [1.29, 1.82) is 0 Å². The number of nitrogens with zero attached hydrogens (tertiary/aromatic N) is 2. The average Bonchev–Trinajstić information content (AvgIpc) is 3.44. The Morgan fingerprint density at radius 3 is 2.06 bits per heavy atom. The van der Waals surface area contributed by atoms with Crippen molar-refractivity contribution in [2.45, 2.75) is 12.1 Å². The van der Waals surface area contributed by atoms with Gasteiger partial charge in [0.05, 0.1) is 31.6 Å². The van der Waals surface area contributed by atoms with Gasteiger partial charge in [-0.3, -0.25) is 14.4 Å². The summed E-state index contributed by atoms with van der Waals surface area (Å²) in [5.74, 6) is 0.0471. The van der Waals surface area contributed by atoms with Crippen molar-refractivity contribution in [3.63, 3.8) is 0 Å². The molecular weight excluding hydrogens is 456 g/mol. The fraction of sp³-hybridized carbons (Fsp3) is 0.172. The third-order valence-corrected chi connectivity index (χ3v) is 6.91. The summed E-state index contributed by atoms with van der Waals surface area (Å²) >= 11 is 0. The first kappa shape index (κ1) is 22.1. The van der Waals surface area contributed by atoms with Crippen LogP contribution in [0.5, 0.6) is 11.5 Å². The van der Waals surface area contributed by atoms with E-state index in [-0.39, 0.29) is 11.8 Å². The number of hydrogen-bond donors (Lipinski definition) is 0. The van der Waals surface area contributed by atoms with Crippen molar-refractivity contribution < 1.29 is 23.9 Å². The standard InChI is InChI=1S/C29H24N2O5/c1-34-21-14-10-19(11-15-21)26-25-27(36-31(26)20-12-16-22(35-2)17-13-20)29(33)30(28(25)32)24-9-5-7-18-6-3-4-8-23(18)24/h3-17,25-27H,1-2H3. The molecule has 2 aliphatic heterocycles. The Morgan fingerprint density at radius 2 is 1.36 bits per heavy atom. The summed E-state index contributed by atoms with van der Waals surface area (Å²) in [4.78, 5) is 35.2. The van der Waals surface area contributed by atoms with E-state index in [4.69, 9.17) is 14.3 Å². The fourth-order valence-electron chi connectivity index (χ4n) is 5.15. The molecule has 0 saturated carbocycles. The number of rotatable bonds is 5. The molecule has 0 aromatic heterocycles. The average molecular weight is 481 g/mol. The molecule has 7 nitrogen and oxygen atoms in total. The summed E-state index contributed by atoms with van der Waals surface area (Å²) < 4.78 is 10.6. The maximum absolute atomic E-state index is 14.0. The van der Waals surface area contributed by atoms with Gasteiger partial charge >= 0.3 is 0 Å². The molecule has 7 heteroatoms. The van der Waals surface area contributed by atoms with Gasteiger partial charge in [-0.1, -0.05) is 48.5 Å². The first-order valence-corrected chi connectivity index (χ1v) is 11.7. The summed E-state index contributed by atoms with van der Waals surface area (Å²) in [5, 5.41) is 3.47. The summed E-state index contributed by atoms with van der Waals surface area (Å²) in [5.41, 5.74) is 2.15. The van der Waals surface area contributed by atoms with Crippen LogP contribution in [0.3, 0.4) is 0 Å². The molecule has 3 atom stereocenters. The summed E-state index contributed by atoms with van der Waals surface area (Å²) in [6.07, 6.45) is -0.939. The number of benzene rings is 4. The van der Waals surface area contributed by atoms with E-state index < -0.39 is 18.1 Å². The van der Waals surface area contributed by atoms with Gasteiger partial charge < -0.3 is 9.47 Å². The highest BCUT2D eigenvalue weighted by atomic mass is 16.7. The lowest BCUT2D eigenvalue weighted by atomic mass is 9.90. The number of fused-ring (bicyclic) bond motifs is 2. The van der Waals surface area contributed by atoms with Crippen LogP contribution in [-0.4, -0.2) is 32.1 Å². The van der Waals surface area contributed by atoms with E-state index in [2.05, 4.69) is 0 Å². The molecule has 0 spiro atoms. The lowest BCUT2D eigenvalue weighted by molar-refractivity contribution is -0.126. The third kappa shape index (κ3) is 3.39. The molecule has 2 heterocycles. The van der Waals surface area contributed by atoms with Crippen LogP contribution < -0.4 is 19.4 Å². The zero-order chi connectivity index (χ0) is 24.8. The van der Waals surface area contributed by atoms with Gasteiger partial charge in [0.1, 0.15) is 17.4 Å². The van der Waals surface area contributed by atoms with E-state index in [0.717, 1.165) is 22.0 Å². The van der Waals surface area contributed by atoms with Crippen molar-refractivity contribution >= 4 is 34.0 Å². The molecule has 0 aliphatic carbocycles. The lowest BCUT2D eigenvalue weighted by Gasteiger charge is -2.29. The van der Waals surface area contributed by atoms with Crippen LogP contribution >= 0.6 is 0 Å². The van der Waals surface area contributed by atoms with E-state index in [1.807, 2.05) is 91.0 Å². The highest BCUT2D eigenvalue weighted by Gasteiger charge is 2.60. The van der Waals surface area contributed by atoms with Gasteiger partial charge in [-0.15, -0.1) is 0 Å². The van der Waals surface area contributed by atoms with Crippen molar-refractivity contribution in [1.82, 2.24) is 0 Å². The number of anilines is 2. The smallest absolute Gasteiger partial charge is 0.266 e. The molecule has 2 fully saturated rings. The molecule has 180 valence electrons. The van der Waals surface area contributed by atoms with E-state index >= 15 is 0 Å². The monoisotopic (exact) mass is 480 g/mol. The Balaban J connectivity index is 1.44. The first-order valence-electron chi connectivity index (χ1n) is 11.7. The quantitative estimate of drug-likeness (QED) is 0.378. The second-order valence-electron chi connectivity index (χ2n) is 8.80. The predicted octanol–water partition coefficient (Wildman–Crippen LogP) is 4.91. The van der Waals surface area contributed by atoms with Gasteiger partial charge in [-0.25, -0.2) is 9.96 Å². The molecule has 2 amide bonds. The number of imide groups is 1. The Hall–Kier alpha value is -4.36. The second kappa shape index (κ2) is 8.70. The van der Waals surface area contributed by atoms with Crippen LogP contribution in [0.25, 0.3) is 10.8 Å². The van der Waals surface area contributed by atoms with Crippen LogP contribution in [0, 0.1) is 5.92 Å². The van der Waals surface area contributed by atoms with Crippen LogP contribution in [0.1, 0.15) is 11.6 Å². The van der Waals surface area contributed by atoms with Gasteiger partial charge in [-0.05, 0) is 53.4 Å². The SMILES string of the molecule is COc1ccc(C2C3C(=O)N(c4cccc5ccccc45)C(=O)C3ON2c2ccc(OC)cc2)cc1. The fourth-order valence-corrected chi connectivity index (χ4v) is 5.15. The molecule has 0 N–H and O–H groups in total. The lowest BCUT2D eigenvalue weighted by Crippen LogP contribution is -2.37. The molecule has 3 unspecified atom stereocenters. The van der Waals surface area contributed by atoms with Gasteiger partial charge in [0.2, 0.25) is 5.91 Å². The number of hydroxylamine groups is 1. The van der Waals surface area contributed by atoms with E-state index in [1.54, 1.807) is 19.3 Å². The second-order valence-corrected chi connectivity index (χ2v) is 8.80. The first-order chi connectivity index (χ1) is 17.6. The molecular formula is C29H24N2O5. The molecule has 4 aromatic carbocycles. The zero-order valence-electron chi connectivity index (χ0n) is 19.8. The minimum Gasteiger partial charge on any atom is -0.497 e. The van der Waals surface area contributed by atoms with E-state index in [9.17, 15) is 9.59 Å². The van der Waals surface area contributed by atoms with Crippen LogP contribution in [0.4, 0.5) is 11.4 Å². The molecule has 36 heavy (non-hydrogen) atoms. The van der Waals surface area contributed by atoms with Crippen molar-refractivity contribution in [2.24, 2.45) is 5.92 Å². The predicted molar refractivity (Wildman–Crippen MR) is 136 cm³/mol. The number of carbonyl (C=O) groups excluding carboxylic acids is 2. The highest BCUT2D eigenvalue weighted by Crippen LogP contribution is 2.48. The van der Waals surface area contributed by atoms with Gasteiger partial charge in [0.25, 0.3) is 5.91 Å². The molecule has 2 saturated heterocycles.